The van der Waals surface area contributed by atoms with Crippen LogP contribution in [0.2, 0.25) is 0 Å². The third kappa shape index (κ3) is 2.78. The Morgan fingerprint density at radius 2 is 1.81 bits per heavy atom. The lowest BCUT2D eigenvalue weighted by atomic mass is 9.76. The summed E-state index contributed by atoms with van der Waals surface area (Å²) in [6.07, 6.45) is 5.89. The average Bonchev–Trinajstić information content (AvgIpc) is 2.24. The van der Waals surface area contributed by atoms with E-state index in [1.54, 1.807) is 0 Å². The van der Waals surface area contributed by atoms with Gasteiger partial charge in [-0.15, -0.1) is 0 Å². The van der Waals surface area contributed by atoms with Gasteiger partial charge in [-0.25, -0.2) is 0 Å². The lowest BCUT2D eigenvalue weighted by Crippen LogP contribution is -2.54. The van der Waals surface area contributed by atoms with Crippen LogP contribution in [-0.2, 0) is 0 Å². The van der Waals surface area contributed by atoms with Crippen LogP contribution in [0.15, 0.2) is 0 Å². The van der Waals surface area contributed by atoms with E-state index in [2.05, 4.69) is 32.6 Å². The van der Waals surface area contributed by atoms with Crippen molar-refractivity contribution in [2.45, 2.75) is 71.4 Å². The summed E-state index contributed by atoms with van der Waals surface area (Å²) >= 11 is 0. The van der Waals surface area contributed by atoms with Gasteiger partial charge in [0.1, 0.15) is 0 Å². The van der Waals surface area contributed by atoms with Gasteiger partial charge >= 0.3 is 0 Å². The van der Waals surface area contributed by atoms with E-state index in [0.29, 0.717) is 0 Å². The summed E-state index contributed by atoms with van der Waals surface area (Å²) in [5.74, 6) is 0.788. The largest absolute Gasteiger partial charge is 0.391 e. The molecule has 0 spiro atoms. The molecule has 0 saturated heterocycles. The highest BCUT2D eigenvalue weighted by molar-refractivity contribution is 4.93. The minimum absolute atomic E-state index is 0.0287. The van der Waals surface area contributed by atoms with Crippen LogP contribution in [0.4, 0.5) is 0 Å². The second-order valence-electron chi connectivity index (χ2n) is 5.43. The van der Waals surface area contributed by atoms with Gasteiger partial charge in [0.15, 0.2) is 0 Å². The normalized spacial score (nSPS) is 22.9. The number of nitrogens with zero attached hydrogens (tertiary/aromatic N) is 1. The fraction of sp³-hybridized carbons (Fsp3) is 1.00. The van der Waals surface area contributed by atoms with Gasteiger partial charge in [-0.2, -0.15) is 0 Å². The molecule has 2 heteroatoms. The van der Waals surface area contributed by atoms with Gasteiger partial charge in [-0.3, -0.25) is 4.90 Å². The average molecular weight is 227 g/mol. The van der Waals surface area contributed by atoms with Crippen LogP contribution in [0.25, 0.3) is 0 Å². The van der Waals surface area contributed by atoms with E-state index in [-0.39, 0.29) is 11.6 Å². The lowest BCUT2D eigenvalue weighted by Gasteiger charge is -2.45. The Labute approximate surface area is 101 Å². The summed E-state index contributed by atoms with van der Waals surface area (Å²) in [5, 5.41) is 10.5. The predicted molar refractivity (Wildman–Crippen MR) is 69.6 cm³/mol. The van der Waals surface area contributed by atoms with Crippen LogP contribution < -0.4 is 0 Å². The molecule has 1 aliphatic rings. The third-order valence-electron chi connectivity index (χ3n) is 4.70. The van der Waals surface area contributed by atoms with Crippen molar-refractivity contribution in [3.63, 3.8) is 0 Å². The number of likely N-dealkylation sites (N-methyl/N-ethyl adjacent to an activating group) is 1. The SMILES string of the molecule is CCN(CC)C(C)(CC)C(O)CC1CCC1. The highest BCUT2D eigenvalue weighted by atomic mass is 16.3. The molecular weight excluding hydrogens is 198 g/mol. The minimum Gasteiger partial charge on any atom is -0.391 e. The molecule has 16 heavy (non-hydrogen) atoms. The molecule has 0 bridgehead atoms. The Hall–Kier alpha value is -0.0800. The van der Waals surface area contributed by atoms with E-state index in [9.17, 15) is 5.11 Å². The monoisotopic (exact) mass is 227 g/mol. The molecule has 0 amide bonds. The second-order valence-corrected chi connectivity index (χ2v) is 5.43. The first-order valence-electron chi connectivity index (χ1n) is 7.01. The Balaban J connectivity index is 2.60. The number of aliphatic hydroxyl groups is 1. The van der Waals surface area contributed by atoms with E-state index in [1.807, 2.05) is 0 Å². The quantitative estimate of drug-likeness (QED) is 0.722. The van der Waals surface area contributed by atoms with E-state index >= 15 is 0 Å². The van der Waals surface area contributed by atoms with Crippen molar-refractivity contribution < 1.29 is 5.11 Å². The Morgan fingerprint density at radius 3 is 2.12 bits per heavy atom. The third-order valence-corrected chi connectivity index (χ3v) is 4.70. The van der Waals surface area contributed by atoms with Crippen molar-refractivity contribution in [3.8, 4) is 0 Å². The maximum Gasteiger partial charge on any atom is 0.0723 e. The van der Waals surface area contributed by atoms with Crippen LogP contribution in [0.1, 0.15) is 59.8 Å². The smallest absolute Gasteiger partial charge is 0.0723 e. The first-order valence-corrected chi connectivity index (χ1v) is 7.01. The van der Waals surface area contributed by atoms with Crippen LogP contribution in [0, 0.1) is 5.92 Å². The Bertz CT molecular complexity index is 199. The first kappa shape index (κ1) is 14.0. The van der Waals surface area contributed by atoms with Gasteiger partial charge < -0.3 is 5.11 Å². The highest BCUT2D eigenvalue weighted by Gasteiger charge is 2.37. The van der Waals surface area contributed by atoms with Crippen LogP contribution in [-0.4, -0.2) is 34.7 Å². The van der Waals surface area contributed by atoms with Crippen LogP contribution in [0.5, 0.6) is 0 Å². The summed E-state index contributed by atoms with van der Waals surface area (Å²) in [6.45, 7) is 10.9. The van der Waals surface area contributed by atoms with Crippen molar-refractivity contribution in [1.29, 1.82) is 0 Å². The number of hydrogen-bond donors (Lipinski definition) is 1. The second kappa shape index (κ2) is 6.02. The molecule has 1 saturated carbocycles. The fourth-order valence-corrected chi connectivity index (χ4v) is 2.91. The zero-order valence-corrected chi connectivity index (χ0v) is 11.5. The van der Waals surface area contributed by atoms with Gasteiger partial charge in [0.2, 0.25) is 0 Å². The summed E-state index contributed by atoms with van der Waals surface area (Å²) in [7, 11) is 0. The van der Waals surface area contributed by atoms with Gasteiger partial charge in [0, 0.05) is 5.54 Å². The molecule has 1 fully saturated rings. The van der Waals surface area contributed by atoms with Crippen LogP contribution in [0.3, 0.4) is 0 Å². The van der Waals surface area contributed by atoms with E-state index < -0.39 is 0 Å². The summed E-state index contributed by atoms with van der Waals surface area (Å²) in [5.41, 5.74) is -0.0287. The molecule has 96 valence electrons. The lowest BCUT2D eigenvalue weighted by molar-refractivity contribution is -0.0371. The molecule has 2 unspecified atom stereocenters. The van der Waals surface area contributed by atoms with Crippen LogP contribution >= 0.6 is 0 Å². The molecule has 2 atom stereocenters. The number of rotatable bonds is 7. The van der Waals surface area contributed by atoms with Gasteiger partial charge in [-0.05, 0) is 38.8 Å². The van der Waals surface area contributed by atoms with Gasteiger partial charge in [0.05, 0.1) is 6.10 Å². The molecule has 1 aliphatic carbocycles. The van der Waals surface area contributed by atoms with Crippen molar-refractivity contribution in [1.82, 2.24) is 4.90 Å². The molecule has 0 heterocycles. The first-order chi connectivity index (χ1) is 7.58. The van der Waals surface area contributed by atoms with Crippen molar-refractivity contribution >= 4 is 0 Å². The molecule has 0 aromatic carbocycles. The molecule has 0 radical (unpaired) electrons. The topological polar surface area (TPSA) is 23.5 Å². The predicted octanol–water partition coefficient (Wildman–Crippen LogP) is 3.05. The molecule has 0 aromatic heterocycles. The van der Waals surface area contributed by atoms with E-state index in [1.165, 1.54) is 19.3 Å². The van der Waals surface area contributed by atoms with Crippen molar-refractivity contribution in [2.75, 3.05) is 13.1 Å². The minimum atomic E-state index is -0.164. The molecule has 2 nitrogen and oxygen atoms in total. The van der Waals surface area contributed by atoms with Crippen molar-refractivity contribution in [2.24, 2.45) is 5.92 Å². The standard InChI is InChI=1S/C14H29NO/c1-5-14(4,15(6-2)7-3)13(16)11-12-9-8-10-12/h12-13,16H,5-11H2,1-4H3. The van der Waals surface area contributed by atoms with E-state index in [4.69, 9.17) is 0 Å². The van der Waals surface area contributed by atoms with E-state index in [0.717, 1.165) is 31.8 Å². The number of hydrogen-bond acceptors (Lipinski definition) is 2. The maximum atomic E-state index is 10.5. The molecule has 0 aromatic rings. The maximum absolute atomic E-state index is 10.5. The summed E-state index contributed by atoms with van der Waals surface area (Å²) in [4.78, 5) is 2.41. The van der Waals surface area contributed by atoms with Gasteiger partial charge in [-0.1, -0.05) is 40.0 Å². The zero-order chi connectivity index (χ0) is 12.2. The van der Waals surface area contributed by atoms with Crippen molar-refractivity contribution in [3.05, 3.63) is 0 Å². The molecule has 1 N–H and O–H groups in total. The molecule has 0 aliphatic heterocycles. The summed E-state index contributed by atoms with van der Waals surface area (Å²) in [6, 6.07) is 0. The Kier molecular flexibility index (Phi) is 5.26. The highest BCUT2D eigenvalue weighted by Crippen LogP contribution is 2.35. The zero-order valence-electron chi connectivity index (χ0n) is 11.5. The van der Waals surface area contributed by atoms with Gasteiger partial charge in [0.25, 0.3) is 0 Å². The fourth-order valence-electron chi connectivity index (χ4n) is 2.91. The molecule has 1 rings (SSSR count). The molecular formula is C14H29NO. The number of aliphatic hydroxyl groups excluding tert-OH is 1. The Morgan fingerprint density at radius 1 is 1.25 bits per heavy atom. The summed E-state index contributed by atoms with van der Waals surface area (Å²) < 4.78 is 0.